The highest BCUT2D eigenvalue weighted by Gasteiger charge is 2.23. The van der Waals surface area contributed by atoms with Crippen molar-refractivity contribution in [3.05, 3.63) is 20.4 Å². The molecule has 2 nitrogen and oxygen atoms in total. The predicted octanol–water partition coefficient (Wildman–Crippen LogP) is 3.56. The molecular weight excluding hydrogens is 324 g/mol. The third-order valence-electron chi connectivity index (χ3n) is 2.82. The number of carbonyl (C=O) groups is 1. The van der Waals surface area contributed by atoms with Crippen molar-refractivity contribution in [2.45, 2.75) is 32.1 Å². The molecule has 15 heavy (non-hydrogen) atoms. The van der Waals surface area contributed by atoms with Crippen molar-refractivity contribution >= 4 is 40.1 Å². The molecule has 1 saturated heterocycles. The van der Waals surface area contributed by atoms with Gasteiger partial charge in [-0.25, -0.2) is 0 Å². The number of halogens is 2. The number of amides is 1. The summed E-state index contributed by atoms with van der Waals surface area (Å²) in [4.78, 5) is 13.6. The molecule has 0 unspecified atom stereocenters. The summed E-state index contributed by atoms with van der Waals surface area (Å²) < 4.78 is 1.20. The molecule has 2 aliphatic rings. The Morgan fingerprint density at radius 1 is 1.27 bits per heavy atom. The van der Waals surface area contributed by atoms with Gasteiger partial charge >= 0.3 is 0 Å². The highest BCUT2D eigenvalue weighted by Crippen LogP contribution is 2.33. The molecule has 1 aliphatic heterocycles. The first-order chi connectivity index (χ1) is 7.18. The lowest BCUT2D eigenvalue weighted by molar-refractivity contribution is -0.131. The van der Waals surface area contributed by atoms with Gasteiger partial charge in [-0.05, 0) is 54.4 Å². The number of allylic oxidation sites excluding steroid dienone is 4. The first kappa shape index (κ1) is 11.5. The molecule has 0 aromatic carbocycles. The summed E-state index contributed by atoms with van der Waals surface area (Å²) >= 11 is 8.36. The van der Waals surface area contributed by atoms with Crippen molar-refractivity contribution in [3.63, 3.8) is 0 Å². The van der Waals surface area contributed by atoms with Crippen LogP contribution in [0.15, 0.2) is 20.4 Å². The minimum Gasteiger partial charge on any atom is -0.316 e. The van der Waals surface area contributed by atoms with E-state index in [-0.39, 0.29) is 5.91 Å². The molecule has 82 valence electrons. The molecular formula is C11H13ClINO. The van der Waals surface area contributed by atoms with Gasteiger partial charge in [-0.3, -0.25) is 4.79 Å². The lowest BCUT2D eigenvalue weighted by Gasteiger charge is -2.30. The van der Waals surface area contributed by atoms with Crippen LogP contribution in [0.5, 0.6) is 0 Å². The van der Waals surface area contributed by atoms with E-state index in [1.807, 2.05) is 11.0 Å². The third kappa shape index (κ3) is 2.56. The van der Waals surface area contributed by atoms with E-state index in [9.17, 15) is 4.79 Å². The summed E-state index contributed by atoms with van der Waals surface area (Å²) in [5.74, 6) is 0.258. The van der Waals surface area contributed by atoms with Crippen LogP contribution in [0.4, 0.5) is 0 Å². The smallest absolute Gasteiger partial charge is 0.226 e. The Morgan fingerprint density at radius 2 is 2.07 bits per heavy atom. The van der Waals surface area contributed by atoms with Crippen LogP contribution < -0.4 is 0 Å². The molecule has 0 bridgehead atoms. The molecule has 0 aromatic rings. The average Bonchev–Trinajstić information content (AvgIpc) is 2.23. The lowest BCUT2D eigenvalue weighted by atomic mass is 10.1. The largest absolute Gasteiger partial charge is 0.316 e. The second-order valence-electron chi connectivity index (χ2n) is 3.89. The number of hydrogen-bond acceptors (Lipinski definition) is 1. The minimum atomic E-state index is 0.258. The number of rotatable bonds is 1. The molecule has 0 radical (unpaired) electrons. The minimum absolute atomic E-state index is 0.258. The lowest BCUT2D eigenvalue weighted by Crippen LogP contribution is -2.35. The quantitative estimate of drug-likeness (QED) is 0.670. The summed E-state index contributed by atoms with van der Waals surface area (Å²) in [5.41, 5.74) is 1.10. The fourth-order valence-electron chi connectivity index (χ4n) is 1.98. The van der Waals surface area contributed by atoms with E-state index in [4.69, 9.17) is 11.6 Å². The topological polar surface area (TPSA) is 20.3 Å². The molecule has 1 amide bonds. The zero-order valence-corrected chi connectivity index (χ0v) is 11.3. The summed E-state index contributed by atoms with van der Waals surface area (Å²) in [5, 5.41) is 0.801. The van der Waals surface area contributed by atoms with Crippen molar-refractivity contribution in [1.82, 2.24) is 4.90 Å². The molecule has 0 spiro atoms. The SMILES string of the molecule is O=C1CCCCN1C1=CC(Cl)=C(I)CC1. The van der Waals surface area contributed by atoms with Crippen molar-refractivity contribution in [2.75, 3.05) is 6.54 Å². The molecule has 4 heteroatoms. The van der Waals surface area contributed by atoms with Gasteiger partial charge in [0, 0.05) is 22.2 Å². The first-order valence-corrected chi connectivity index (χ1v) is 6.69. The number of nitrogens with zero attached hydrogens (tertiary/aromatic N) is 1. The highest BCUT2D eigenvalue weighted by atomic mass is 127. The summed E-state index contributed by atoms with van der Waals surface area (Å²) in [6, 6.07) is 0. The number of piperidine rings is 1. The van der Waals surface area contributed by atoms with Gasteiger partial charge in [-0.2, -0.15) is 0 Å². The fourth-order valence-corrected chi connectivity index (χ4v) is 2.62. The molecule has 0 aromatic heterocycles. The van der Waals surface area contributed by atoms with E-state index < -0.39 is 0 Å². The van der Waals surface area contributed by atoms with E-state index in [0.717, 1.165) is 43.0 Å². The van der Waals surface area contributed by atoms with Crippen LogP contribution in [-0.4, -0.2) is 17.4 Å². The second kappa shape index (κ2) is 4.87. The fraction of sp³-hybridized carbons (Fsp3) is 0.545. The van der Waals surface area contributed by atoms with E-state index in [1.165, 1.54) is 3.58 Å². The molecule has 2 rings (SSSR count). The van der Waals surface area contributed by atoms with Crippen LogP contribution in [0.3, 0.4) is 0 Å². The van der Waals surface area contributed by atoms with Gasteiger partial charge in [0.15, 0.2) is 0 Å². The molecule has 1 aliphatic carbocycles. The monoisotopic (exact) mass is 337 g/mol. The number of likely N-dealkylation sites (tertiary alicyclic amines) is 1. The maximum atomic E-state index is 11.7. The highest BCUT2D eigenvalue weighted by molar-refractivity contribution is 14.1. The van der Waals surface area contributed by atoms with Crippen molar-refractivity contribution in [2.24, 2.45) is 0 Å². The van der Waals surface area contributed by atoms with Crippen molar-refractivity contribution in [3.8, 4) is 0 Å². The van der Waals surface area contributed by atoms with Gasteiger partial charge < -0.3 is 4.90 Å². The zero-order chi connectivity index (χ0) is 10.8. The van der Waals surface area contributed by atoms with Gasteiger partial charge in [0.05, 0.1) is 5.03 Å². The maximum Gasteiger partial charge on any atom is 0.226 e. The van der Waals surface area contributed by atoms with Crippen LogP contribution >= 0.6 is 34.2 Å². The molecule has 1 heterocycles. The van der Waals surface area contributed by atoms with Crippen LogP contribution in [0.1, 0.15) is 32.1 Å². The van der Waals surface area contributed by atoms with Crippen LogP contribution in [-0.2, 0) is 4.79 Å². The van der Waals surface area contributed by atoms with Gasteiger partial charge in [-0.1, -0.05) is 11.6 Å². The Hall–Kier alpha value is -0.0300. The Kier molecular flexibility index (Phi) is 3.72. The van der Waals surface area contributed by atoms with Gasteiger partial charge in [-0.15, -0.1) is 0 Å². The molecule has 0 saturated carbocycles. The van der Waals surface area contributed by atoms with Gasteiger partial charge in [0.1, 0.15) is 0 Å². The molecule has 0 atom stereocenters. The molecule has 0 N–H and O–H groups in total. The summed E-state index contributed by atoms with van der Waals surface area (Å²) in [7, 11) is 0. The molecule has 1 fully saturated rings. The Morgan fingerprint density at radius 3 is 2.73 bits per heavy atom. The van der Waals surface area contributed by atoms with E-state index in [0.29, 0.717) is 6.42 Å². The standard InChI is InChI=1S/C11H13ClINO/c12-9-7-8(4-5-10(9)13)14-6-2-1-3-11(14)15/h7H,1-6H2. The first-order valence-electron chi connectivity index (χ1n) is 5.23. The van der Waals surface area contributed by atoms with Crippen molar-refractivity contribution < 1.29 is 4.79 Å². The third-order valence-corrected chi connectivity index (χ3v) is 4.60. The summed E-state index contributed by atoms with van der Waals surface area (Å²) in [6.45, 7) is 0.866. The van der Waals surface area contributed by atoms with E-state index >= 15 is 0 Å². The number of hydrogen-bond donors (Lipinski definition) is 0. The van der Waals surface area contributed by atoms with Crippen LogP contribution in [0, 0.1) is 0 Å². The van der Waals surface area contributed by atoms with E-state index in [1.54, 1.807) is 0 Å². The second-order valence-corrected chi connectivity index (χ2v) is 5.60. The normalized spacial score (nSPS) is 23.2. The Bertz CT molecular complexity index is 348. The maximum absolute atomic E-state index is 11.7. The Labute approximate surface area is 108 Å². The van der Waals surface area contributed by atoms with Gasteiger partial charge in [0.2, 0.25) is 5.91 Å². The number of carbonyl (C=O) groups excluding carboxylic acids is 1. The summed E-state index contributed by atoms with van der Waals surface area (Å²) in [6.07, 6.45) is 6.70. The van der Waals surface area contributed by atoms with Crippen molar-refractivity contribution in [1.29, 1.82) is 0 Å². The Balaban J connectivity index is 2.17. The van der Waals surface area contributed by atoms with E-state index in [2.05, 4.69) is 22.6 Å². The average molecular weight is 338 g/mol. The van der Waals surface area contributed by atoms with Crippen LogP contribution in [0.25, 0.3) is 0 Å². The zero-order valence-electron chi connectivity index (χ0n) is 8.43. The van der Waals surface area contributed by atoms with Crippen LogP contribution in [0.2, 0.25) is 0 Å². The predicted molar refractivity (Wildman–Crippen MR) is 69.8 cm³/mol. The van der Waals surface area contributed by atoms with Gasteiger partial charge in [0.25, 0.3) is 0 Å².